The molecule has 1 aromatic carbocycles. The van der Waals surface area contributed by atoms with Gasteiger partial charge in [0.25, 0.3) is 5.91 Å². The van der Waals surface area contributed by atoms with Crippen LogP contribution in [0, 0.1) is 6.92 Å². The zero-order valence-electron chi connectivity index (χ0n) is 11.5. The summed E-state index contributed by atoms with van der Waals surface area (Å²) >= 11 is 0. The second-order valence-electron chi connectivity index (χ2n) is 4.42. The molecule has 1 N–H and O–H groups in total. The number of carbonyl (C=O) groups is 1. The van der Waals surface area contributed by atoms with E-state index >= 15 is 0 Å². The molecule has 1 amide bonds. The summed E-state index contributed by atoms with van der Waals surface area (Å²) in [5.41, 5.74) is 1.05. The van der Waals surface area contributed by atoms with Crippen molar-refractivity contribution in [1.82, 2.24) is 5.32 Å². The van der Waals surface area contributed by atoms with Gasteiger partial charge in [0.1, 0.15) is 5.75 Å². The molecule has 0 saturated heterocycles. The van der Waals surface area contributed by atoms with Crippen LogP contribution in [0.4, 0.5) is 0 Å². The first-order valence-corrected chi connectivity index (χ1v) is 6.69. The van der Waals surface area contributed by atoms with E-state index in [9.17, 15) is 4.79 Å². The van der Waals surface area contributed by atoms with E-state index in [1.807, 2.05) is 38.1 Å². The number of rotatable bonds is 7. The number of nitrogens with one attached hydrogen (secondary N) is 1. The predicted octanol–water partition coefficient (Wildman–Crippen LogP) is 3.07. The van der Waals surface area contributed by atoms with E-state index in [2.05, 4.69) is 12.2 Å². The molecule has 0 aromatic heterocycles. The summed E-state index contributed by atoms with van der Waals surface area (Å²) in [6.45, 7) is 6.77. The molecule has 0 unspecified atom stereocenters. The molecule has 0 fully saturated rings. The van der Waals surface area contributed by atoms with E-state index in [0.29, 0.717) is 6.42 Å². The standard InChI is InChI=1S/C15H23NO2/c1-4-6-11-16-15(17)13(5-2)18-14-10-8-7-9-12(14)3/h7-10,13H,4-6,11H2,1-3H3,(H,16,17)/t13-/m1/s1. The number of aryl methyl sites for hydroxylation is 1. The number of unbranched alkanes of at least 4 members (excludes halogenated alkanes) is 1. The lowest BCUT2D eigenvalue weighted by Gasteiger charge is -2.18. The molecule has 3 nitrogen and oxygen atoms in total. The SMILES string of the molecule is CCCCNC(=O)[C@@H](CC)Oc1ccccc1C. The molecule has 0 radical (unpaired) electrons. The minimum absolute atomic E-state index is 0.0193. The van der Waals surface area contributed by atoms with Crippen LogP contribution in [-0.4, -0.2) is 18.6 Å². The van der Waals surface area contributed by atoms with Gasteiger partial charge in [0.05, 0.1) is 0 Å². The van der Waals surface area contributed by atoms with Crippen LogP contribution in [0.2, 0.25) is 0 Å². The van der Waals surface area contributed by atoms with Crippen LogP contribution in [0.3, 0.4) is 0 Å². The van der Waals surface area contributed by atoms with Crippen LogP contribution in [0.25, 0.3) is 0 Å². The molecule has 0 bridgehead atoms. The Labute approximate surface area is 110 Å². The molecular weight excluding hydrogens is 226 g/mol. The van der Waals surface area contributed by atoms with Crippen molar-refractivity contribution in [3.63, 3.8) is 0 Å². The molecule has 0 spiro atoms. The number of amides is 1. The van der Waals surface area contributed by atoms with Crippen molar-refractivity contribution < 1.29 is 9.53 Å². The van der Waals surface area contributed by atoms with Crippen molar-refractivity contribution in [2.24, 2.45) is 0 Å². The van der Waals surface area contributed by atoms with Gasteiger partial charge in [-0.25, -0.2) is 0 Å². The first-order valence-electron chi connectivity index (χ1n) is 6.69. The fraction of sp³-hybridized carbons (Fsp3) is 0.533. The second-order valence-corrected chi connectivity index (χ2v) is 4.42. The molecule has 0 aliphatic rings. The fourth-order valence-electron chi connectivity index (χ4n) is 1.67. The fourth-order valence-corrected chi connectivity index (χ4v) is 1.67. The van der Waals surface area contributed by atoms with Crippen molar-refractivity contribution in [3.05, 3.63) is 29.8 Å². The highest BCUT2D eigenvalue weighted by atomic mass is 16.5. The van der Waals surface area contributed by atoms with Gasteiger partial charge in [-0.2, -0.15) is 0 Å². The third-order valence-electron chi connectivity index (χ3n) is 2.86. The van der Waals surface area contributed by atoms with Crippen LogP contribution in [0.15, 0.2) is 24.3 Å². The molecule has 0 aliphatic carbocycles. The monoisotopic (exact) mass is 249 g/mol. The molecular formula is C15H23NO2. The van der Waals surface area contributed by atoms with Crippen LogP contribution >= 0.6 is 0 Å². The maximum absolute atomic E-state index is 11.9. The van der Waals surface area contributed by atoms with Gasteiger partial charge in [0.2, 0.25) is 0 Å². The molecule has 0 saturated carbocycles. The van der Waals surface area contributed by atoms with Gasteiger partial charge in [-0.1, -0.05) is 38.5 Å². The predicted molar refractivity (Wildman–Crippen MR) is 73.8 cm³/mol. The highest BCUT2D eigenvalue weighted by Crippen LogP contribution is 2.18. The summed E-state index contributed by atoms with van der Waals surface area (Å²) in [4.78, 5) is 11.9. The number of carbonyl (C=O) groups excluding carboxylic acids is 1. The molecule has 1 aromatic rings. The van der Waals surface area contributed by atoms with Crippen molar-refractivity contribution in [3.8, 4) is 5.75 Å². The van der Waals surface area contributed by atoms with Gasteiger partial charge in [0.15, 0.2) is 6.10 Å². The number of hydrogen-bond donors (Lipinski definition) is 1. The topological polar surface area (TPSA) is 38.3 Å². The normalized spacial score (nSPS) is 11.9. The Balaban J connectivity index is 2.56. The largest absolute Gasteiger partial charge is 0.480 e. The zero-order valence-corrected chi connectivity index (χ0v) is 11.5. The van der Waals surface area contributed by atoms with Gasteiger partial charge < -0.3 is 10.1 Å². The summed E-state index contributed by atoms with van der Waals surface area (Å²) in [5.74, 6) is 0.768. The van der Waals surface area contributed by atoms with Crippen molar-refractivity contribution in [2.75, 3.05) is 6.54 Å². The molecule has 18 heavy (non-hydrogen) atoms. The second kappa shape index (κ2) is 7.75. The average molecular weight is 249 g/mol. The minimum Gasteiger partial charge on any atom is -0.480 e. The average Bonchev–Trinajstić information content (AvgIpc) is 2.38. The van der Waals surface area contributed by atoms with E-state index in [-0.39, 0.29) is 5.91 Å². The number of hydrogen-bond acceptors (Lipinski definition) is 2. The Hall–Kier alpha value is -1.51. The van der Waals surface area contributed by atoms with Gasteiger partial charge in [-0.15, -0.1) is 0 Å². The minimum atomic E-state index is -0.400. The lowest BCUT2D eigenvalue weighted by Crippen LogP contribution is -2.38. The lowest BCUT2D eigenvalue weighted by molar-refractivity contribution is -0.128. The van der Waals surface area contributed by atoms with E-state index in [0.717, 1.165) is 30.7 Å². The van der Waals surface area contributed by atoms with Gasteiger partial charge >= 0.3 is 0 Å². The van der Waals surface area contributed by atoms with Crippen LogP contribution < -0.4 is 10.1 Å². The van der Waals surface area contributed by atoms with Crippen molar-refractivity contribution >= 4 is 5.91 Å². The molecule has 100 valence electrons. The molecule has 1 rings (SSSR count). The number of para-hydroxylation sites is 1. The Morgan fingerprint density at radius 1 is 1.33 bits per heavy atom. The van der Waals surface area contributed by atoms with E-state index < -0.39 is 6.10 Å². The lowest BCUT2D eigenvalue weighted by atomic mass is 10.2. The Kier molecular flexibility index (Phi) is 6.26. The van der Waals surface area contributed by atoms with E-state index in [4.69, 9.17) is 4.74 Å². The highest BCUT2D eigenvalue weighted by Gasteiger charge is 2.18. The summed E-state index contributed by atoms with van der Waals surface area (Å²) < 4.78 is 5.77. The van der Waals surface area contributed by atoms with Crippen LogP contribution in [0.1, 0.15) is 38.7 Å². The summed E-state index contributed by atoms with van der Waals surface area (Å²) in [7, 11) is 0. The van der Waals surface area contributed by atoms with E-state index in [1.165, 1.54) is 0 Å². The highest BCUT2D eigenvalue weighted by molar-refractivity contribution is 5.81. The Bertz CT molecular complexity index is 377. The summed E-state index contributed by atoms with van der Waals surface area (Å²) in [6, 6.07) is 7.77. The third kappa shape index (κ3) is 4.40. The first-order chi connectivity index (χ1) is 8.69. The maximum atomic E-state index is 11.9. The maximum Gasteiger partial charge on any atom is 0.261 e. The first kappa shape index (κ1) is 14.6. The van der Waals surface area contributed by atoms with Gasteiger partial charge in [-0.05, 0) is 31.4 Å². The molecule has 3 heteroatoms. The van der Waals surface area contributed by atoms with Crippen molar-refractivity contribution in [2.45, 2.75) is 46.1 Å². The smallest absolute Gasteiger partial charge is 0.261 e. The number of benzene rings is 1. The Morgan fingerprint density at radius 2 is 2.06 bits per heavy atom. The molecule has 0 heterocycles. The molecule has 0 aliphatic heterocycles. The van der Waals surface area contributed by atoms with Gasteiger partial charge in [0, 0.05) is 6.54 Å². The summed E-state index contributed by atoms with van der Waals surface area (Å²) in [6.07, 6.45) is 2.36. The zero-order chi connectivity index (χ0) is 13.4. The third-order valence-corrected chi connectivity index (χ3v) is 2.86. The summed E-state index contributed by atoms with van der Waals surface area (Å²) in [5, 5.41) is 2.91. The Morgan fingerprint density at radius 3 is 2.67 bits per heavy atom. The number of ether oxygens (including phenoxy) is 1. The van der Waals surface area contributed by atoms with Crippen molar-refractivity contribution in [1.29, 1.82) is 0 Å². The quantitative estimate of drug-likeness (QED) is 0.754. The van der Waals surface area contributed by atoms with E-state index in [1.54, 1.807) is 0 Å². The van der Waals surface area contributed by atoms with Gasteiger partial charge in [-0.3, -0.25) is 4.79 Å². The molecule has 1 atom stereocenters. The van der Waals surface area contributed by atoms with Crippen LogP contribution in [0.5, 0.6) is 5.75 Å². The van der Waals surface area contributed by atoms with Crippen LogP contribution in [-0.2, 0) is 4.79 Å².